The van der Waals surface area contributed by atoms with E-state index in [1.165, 1.54) is 86.7 Å². The number of rotatable bonds is 1. The molecule has 0 unspecified atom stereocenters. The summed E-state index contributed by atoms with van der Waals surface area (Å²) in [5, 5.41) is 8.28. The van der Waals surface area contributed by atoms with Crippen molar-refractivity contribution in [1.29, 1.82) is 0 Å². The summed E-state index contributed by atoms with van der Waals surface area (Å²) in [7, 11) is 0. The fourth-order valence-corrected chi connectivity index (χ4v) is 13.9. The van der Waals surface area contributed by atoms with Crippen LogP contribution in [0.1, 0.15) is 43.1 Å². The molecule has 0 radical (unpaired) electrons. The number of nitrogens with zero attached hydrogens (tertiary/aromatic N) is 1. The number of furan rings is 1. The van der Waals surface area contributed by atoms with Gasteiger partial charge < -0.3 is 4.42 Å². The van der Waals surface area contributed by atoms with E-state index in [1.54, 1.807) is 0 Å². The van der Waals surface area contributed by atoms with Crippen LogP contribution < -0.4 is 0 Å². The van der Waals surface area contributed by atoms with Gasteiger partial charge in [-0.05, 0) is 91.3 Å². The third-order valence-electron chi connectivity index (χ3n) is 13.2. The lowest BCUT2D eigenvalue weighted by molar-refractivity contribution is 0.662. The molecule has 3 aliphatic rings. The zero-order valence-electron chi connectivity index (χ0n) is 29.9. The highest BCUT2D eigenvalue weighted by Crippen LogP contribution is 2.70. The van der Waals surface area contributed by atoms with Crippen LogP contribution in [0.4, 0.5) is 0 Å². The number of fused-ring (bicyclic) bond motifs is 23. The lowest BCUT2D eigenvalue weighted by Gasteiger charge is -2.45. The summed E-state index contributed by atoms with van der Waals surface area (Å²) < 4.78 is 9.38. The average Bonchev–Trinajstić information content (AvgIpc) is 4.11. The Kier molecular flexibility index (Phi) is 5.45. The summed E-state index contributed by atoms with van der Waals surface area (Å²) >= 11 is 3.89. The first-order valence-electron chi connectivity index (χ1n) is 19.3. The van der Waals surface area contributed by atoms with E-state index in [2.05, 4.69) is 180 Å². The van der Waals surface area contributed by atoms with E-state index in [9.17, 15) is 0 Å². The Morgan fingerprint density at radius 3 is 1.62 bits per heavy atom. The first kappa shape index (κ1) is 29.8. The third kappa shape index (κ3) is 3.23. The van der Waals surface area contributed by atoms with Crippen LogP contribution in [0.2, 0.25) is 0 Å². The van der Waals surface area contributed by atoms with Crippen molar-refractivity contribution in [2.24, 2.45) is 0 Å². The van der Waals surface area contributed by atoms with E-state index in [0.717, 1.165) is 27.5 Å². The number of thiophene rings is 2. The Morgan fingerprint density at radius 1 is 0.429 bits per heavy atom. The van der Waals surface area contributed by atoms with Crippen LogP contribution in [0, 0.1) is 0 Å². The zero-order chi connectivity index (χ0) is 36.3. The van der Waals surface area contributed by atoms with Crippen LogP contribution in [0.15, 0.2) is 180 Å². The zero-order valence-corrected chi connectivity index (χ0v) is 31.5. The summed E-state index contributed by atoms with van der Waals surface area (Å²) in [5.41, 5.74) is 16.7. The minimum Gasteiger partial charge on any atom is -0.454 e. The molecule has 0 saturated carbocycles. The summed E-state index contributed by atoms with van der Waals surface area (Å²) in [6, 6.07) is 63.6. The molecule has 0 atom stereocenters. The smallest absolute Gasteiger partial charge is 0.160 e. The third-order valence-corrected chi connectivity index (χ3v) is 15.5. The van der Waals surface area contributed by atoms with Crippen molar-refractivity contribution in [2.75, 3.05) is 0 Å². The van der Waals surface area contributed by atoms with Crippen LogP contribution in [0.25, 0.3) is 71.0 Å². The summed E-state index contributed by atoms with van der Waals surface area (Å²) in [5.74, 6) is 0. The largest absolute Gasteiger partial charge is 0.454 e. The van der Waals surface area contributed by atoms with E-state index < -0.39 is 10.8 Å². The molecule has 0 saturated heterocycles. The normalized spacial score (nSPS) is 15.1. The molecule has 0 amide bonds. The van der Waals surface area contributed by atoms with Crippen molar-refractivity contribution in [1.82, 2.24) is 4.57 Å². The SMILES string of the molecule is c1ccc2c(c1)-c1ccccc1C21c2cc(-n3c4ccccc4c4ccc5c6ccccc6oc5c43)sc2C2(c3ccccc3-c3ccccc32)c2ccsc21. The van der Waals surface area contributed by atoms with Crippen molar-refractivity contribution in [3.8, 4) is 27.3 Å². The van der Waals surface area contributed by atoms with Gasteiger partial charge in [0.15, 0.2) is 5.58 Å². The molecule has 4 heterocycles. The van der Waals surface area contributed by atoms with Gasteiger partial charge in [-0.2, -0.15) is 0 Å². The molecule has 0 bridgehead atoms. The fraction of sp³-hybridized carbons (Fsp3) is 0.0385. The Labute approximate surface area is 330 Å². The van der Waals surface area contributed by atoms with E-state index in [1.807, 2.05) is 22.7 Å². The fourth-order valence-electron chi connectivity index (χ4n) is 11.2. The van der Waals surface area contributed by atoms with Crippen molar-refractivity contribution >= 4 is 66.4 Å². The highest BCUT2D eigenvalue weighted by Gasteiger charge is 2.61. The first-order chi connectivity index (χ1) is 27.8. The number of aromatic nitrogens is 1. The Morgan fingerprint density at radius 2 is 0.964 bits per heavy atom. The molecule has 11 aromatic rings. The quantitative estimate of drug-likeness (QED) is 0.164. The minimum absolute atomic E-state index is 0.480. The summed E-state index contributed by atoms with van der Waals surface area (Å²) in [6.45, 7) is 0. The van der Waals surface area contributed by atoms with Crippen LogP contribution >= 0.6 is 22.7 Å². The van der Waals surface area contributed by atoms with Crippen LogP contribution in [0.3, 0.4) is 0 Å². The summed E-state index contributed by atoms with van der Waals surface area (Å²) in [4.78, 5) is 2.81. The maximum Gasteiger partial charge on any atom is 0.160 e. The van der Waals surface area contributed by atoms with Crippen LogP contribution in [-0.4, -0.2) is 4.57 Å². The molecule has 2 spiro atoms. The maximum absolute atomic E-state index is 6.86. The second kappa shape index (κ2) is 10.2. The molecule has 0 aliphatic heterocycles. The molecular formula is C52H29NOS2. The molecule has 0 fully saturated rings. The molecular weight excluding hydrogens is 719 g/mol. The first-order valence-corrected chi connectivity index (χ1v) is 20.9. The van der Waals surface area contributed by atoms with Crippen molar-refractivity contribution in [2.45, 2.75) is 10.8 Å². The Balaban J connectivity index is 1.20. The number of benzene rings is 7. The van der Waals surface area contributed by atoms with Gasteiger partial charge in [-0.3, -0.25) is 4.57 Å². The number of hydrogen-bond acceptors (Lipinski definition) is 3. The van der Waals surface area contributed by atoms with Gasteiger partial charge in [-0.15, -0.1) is 22.7 Å². The van der Waals surface area contributed by atoms with Gasteiger partial charge in [-0.25, -0.2) is 0 Å². The monoisotopic (exact) mass is 747 g/mol. The van der Waals surface area contributed by atoms with Gasteiger partial charge in [0.25, 0.3) is 0 Å². The van der Waals surface area contributed by atoms with Gasteiger partial charge >= 0.3 is 0 Å². The molecule has 14 rings (SSSR count). The van der Waals surface area contributed by atoms with Gasteiger partial charge in [0.1, 0.15) is 10.6 Å². The Hall–Kier alpha value is -6.46. The molecule has 0 N–H and O–H groups in total. The average molecular weight is 748 g/mol. The molecule has 7 aromatic carbocycles. The van der Waals surface area contributed by atoms with Crippen LogP contribution in [-0.2, 0) is 10.8 Å². The minimum atomic E-state index is -0.480. The molecule has 2 nitrogen and oxygen atoms in total. The van der Waals surface area contributed by atoms with E-state index in [4.69, 9.17) is 4.42 Å². The molecule has 56 heavy (non-hydrogen) atoms. The van der Waals surface area contributed by atoms with Crippen molar-refractivity contribution in [3.63, 3.8) is 0 Å². The van der Waals surface area contributed by atoms with Crippen molar-refractivity contribution in [3.05, 3.63) is 218 Å². The van der Waals surface area contributed by atoms with E-state index >= 15 is 0 Å². The molecule has 260 valence electrons. The van der Waals surface area contributed by atoms with E-state index in [-0.39, 0.29) is 0 Å². The lowest BCUT2D eigenvalue weighted by Crippen LogP contribution is -2.41. The number of hydrogen-bond donors (Lipinski definition) is 0. The lowest BCUT2D eigenvalue weighted by atomic mass is 9.58. The predicted octanol–water partition coefficient (Wildman–Crippen LogP) is 13.8. The second-order valence-electron chi connectivity index (χ2n) is 15.5. The maximum atomic E-state index is 6.86. The topological polar surface area (TPSA) is 18.1 Å². The highest BCUT2D eigenvalue weighted by molar-refractivity contribution is 7.15. The van der Waals surface area contributed by atoms with Gasteiger partial charge in [0, 0.05) is 31.3 Å². The van der Waals surface area contributed by atoms with Gasteiger partial charge in [-0.1, -0.05) is 140 Å². The summed E-state index contributed by atoms with van der Waals surface area (Å²) in [6.07, 6.45) is 0. The molecule has 3 aliphatic carbocycles. The molecule has 4 aromatic heterocycles. The second-order valence-corrected chi connectivity index (χ2v) is 17.4. The standard InChI is InChI=1S/C52H29NOS2/c1-7-19-38-30(13-1)31-14-2-8-20-39(31)51(38)42-27-28-55-49(42)52(40-21-9-3-15-32(40)33-16-4-10-22-41(33)52)43-29-46(56-50(43)51)53-44-23-11-5-17-34(44)36-25-26-37-35-18-6-12-24-45(35)54-48(37)47(36)53/h1-29H. The number of para-hydroxylation sites is 2. The van der Waals surface area contributed by atoms with Gasteiger partial charge in [0.2, 0.25) is 0 Å². The highest BCUT2D eigenvalue weighted by atomic mass is 32.1. The molecule has 4 heteroatoms. The van der Waals surface area contributed by atoms with Gasteiger partial charge in [0.05, 0.1) is 21.9 Å². The van der Waals surface area contributed by atoms with Crippen LogP contribution in [0.5, 0.6) is 0 Å². The predicted molar refractivity (Wildman–Crippen MR) is 232 cm³/mol. The van der Waals surface area contributed by atoms with Crippen molar-refractivity contribution < 1.29 is 4.42 Å². The van der Waals surface area contributed by atoms with E-state index in [0.29, 0.717) is 0 Å². The Bertz CT molecular complexity index is 3290.